The lowest BCUT2D eigenvalue weighted by molar-refractivity contribution is -0.0997. The lowest BCUT2D eigenvalue weighted by Crippen LogP contribution is -2.58. The van der Waals surface area contributed by atoms with Gasteiger partial charge in [0, 0.05) is 18.6 Å². The molecule has 0 bridgehead atoms. The van der Waals surface area contributed by atoms with Crippen LogP contribution in [0.4, 0.5) is 10.6 Å². The molecule has 3 N–H and O–H groups in total. The third-order valence-corrected chi connectivity index (χ3v) is 3.47. The topological polar surface area (TPSA) is 91.9 Å². The molecular formula is C10H15N5O2. The zero-order chi connectivity index (χ0) is 11.7. The van der Waals surface area contributed by atoms with Crippen LogP contribution in [0.25, 0.3) is 0 Å². The van der Waals surface area contributed by atoms with Crippen molar-refractivity contribution in [2.24, 2.45) is 5.92 Å². The van der Waals surface area contributed by atoms with Crippen LogP contribution in [0.2, 0.25) is 0 Å². The van der Waals surface area contributed by atoms with E-state index in [1.165, 1.54) is 6.20 Å². The summed E-state index contributed by atoms with van der Waals surface area (Å²) in [5, 5.41) is 15.4. The summed E-state index contributed by atoms with van der Waals surface area (Å²) >= 11 is 0. The molecule has 1 saturated carbocycles. The normalized spacial score (nSPS) is 31.2. The van der Waals surface area contributed by atoms with Gasteiger partial charge in [-0.15, -0.1) is 5.10 Å². The van der Waals surface area contributed by atoms with Crippen molar-refractivity contribution in [2.75, 3.05) is 11.9 Å². The number of aromatic amines is 1. The molecule has 92 valence electrons. The van der Waals surface area contributed by atoms with Crippen LogP contribution >= 0.6 is 0 Å². The van der Waals surface area contributed by atoms with Gasteiger partial charge >= 0.3 is 6.03 Å². The third kappa shape index (κ3) is 2.10. The Hall–Kier alpha value is -1.63. The summed E-state index contributed by atoms with van der Waals surface area (Å²) in [5.74, 6) is 0.907. The number of carbonyl (C=O) groups is 1. The van der Waals surface area contributed by atoms with E-state index in [0.717, 1.165) is 25.9 Å². The minimum Gasteiger partial charge on any atom is -0.378 e. The highest BCUT2D eigenvalue weighted by molar-refractivity contribution is 5.88. The Balaban J connectivity index is 1.49. The molecule has 1 aromatic rings. The maximum Gasteiger partial charge on any atom is 0.320 e. The number of hydrogen-bond donors (Lipinski definition) is 3. The Labute approximate surface area is 98.3 Å². The first-order chi connectivity index (χ1) is 8.33. The Bertz CT molecular complexity index is 393. The number of H-pyrrole nitrogens is 1. The van der Waals surface area contributed by atoms with Crippen molar-refractivity contribution < 1.29 is 9.53 Å². The van der Waals surface area contributed by atoms with Gasteiger partial charge in [0.1, 0.15) is 0 Å². The fraction of sp³-hybridized carbons (Fsp3) is 0.700. The number of ether oxygens (including phenoxy) is 1. The van der Waals surface area contributed by atoms with E-state index in [2.05, 4.69) is 26.0 Å². The predicted octanol–water partition coefficient (Wildman–Crippen LogP) is 0.494. The number of nitrogens with zero attached hydrogens (tertiary/aromatic N) is 2. The van der Waals surface area contributed by atoms with Gasteiger partial charge in [0.05, 0.1) is 12.3 Å². The van der Waals surface area contributed by atoms with Crippen LogP contribution in [-0.4, -0.2) is 40.2 Å². The van der Waals surface area contributed by atoms with Gasteiger partial charge in [-0.1, -0.05) is 0 Å². The second kappa shape index (κ2) is 4.33. The summed E-state index contributed by atoms with van der Waals surface area (Å²) in [5.41, 5.74) is 0. The zero-order valence-electron chi connectivity index (χ0n) is 9.35. The van der Waals surface area contributed by atoms with Crippen molar-refractivity contribution in [1.82, 2.24) is 20.7 Å². The van der Waals surface area contributed by atoms with E-state index in [1.807, 2.05) is 0 Å². The van der Waals surface area contributed by atoms with E-state index >= 15 is 0 Å². The Morgan fingerprint density at radius 2 is 2.53 bits per heavy atom. The highest BCUT2D eigenvalue weighted by Crippen LogP contribution is 2.37. The quantitative estimate of drug-likeness (QED) is 0.698. The predicted molar refractivity (Wildman–Crippen MR) is 59.4 cm³/mol. The van der Waals surface area contributed by atoms with Crippen LogP contribution in [0.1, 0.15) is 19.3 Å². The van der Waals surface area contributed by atoms with Gasteiger partial charge in [-0.25, -0.2) is 4.79 Å². The van der Waals surface area contributed by atoms with Crippen LogP contribution in [0.15, 0.2) is 6.20 Å². The van der Waals surface area contributed by atoms with Crippen molar-refractivity contribution in [2.45, 2.75) is 31.4 Å². The molecule has 1 aliphatic heterocycles. The number of anilines is 1. The summed E-state index contributed by atoms with van der Waals surface area (Å²) in [6.07, 6.45) is 4.95. The number of aromatic nitrogens is 3. The molecule has 0 unspecified atom stereocenters. The number of rotatable bonds is 2. The van der Waals surface area contributed by atoms with E-state index < -0.39 is 0 Å². The minimum absolute atomic E-state index is 0.229. The first-order valence-corrected chi connectivity index (χ1v) is 5.88. The summed E-state index contributed by atoms with van der Waals surface area (Å²) in [6, 6.07) is 0.000115. The molecule has 1 aliphatic carbocycles. The third-order valence-electron chi connectivity index (χ3n) is 3.47. The Morgan fingerprint density at radius 1 is 1.59 bits per heavy atom. The van der Waals surface area contributed by atoms with Crippen molar-refractivity contribution in [3.05, 3.63) is 6.20 Å². The van der Waals surface area contributed by atoms with E-state index in [4.69, 9.17) is 4.74 Å². The maximum atomic E-state index is 11.6. The molecule has 1 aromatic heterocycles. The van der Waals surface area contributed by atoms with Gasteiger partial charge in [-0.05, 0) is 19.3 Å². The smallest absolute Gasteiger partial charge is 0.320 e. The maximum absolute atomic E-state index is 11.6. The average Bonchev–Trinajstić information content (AvgIpc) is 2.79. The lowest BCUT2D eigenvalue weighted by atomic mass is 9.72. The molecule has 1 saturated heterocycles. The highest BCUT2D eigenvalue weighted by atomic mass is 16.5. The monoisotopic (exact) mass is 237 g/mol. The molecule has 3 rings (SSSR count). The van der Waals surface area contributed by atoms with E-state index in [-0.39, 0.29) is 12.1 Å². The number of nitrogens with one attached hydrogen (secondary N) is 3. The molecule has 3 atom stereocenters. The average molecular weight is 237 g/mol. The molecular weight excluding hydrogens is 222 g/mol. The van der Waals surface area contributed by atoms with Gasteiger partial charge < -0.3 is 10.1 Å². The molecule has 17 heavy (non-hydrogen) atoms. The van der Waals surface area contributed by atoms with Gasteiger partial charge in [0.2, 0.25) is 0 Å². The summed E-state index contributed by atoms with van der Waals surface area (Å²) in [6.45, 7) is 0.860. The van der Waals surface area contributed by atoms with Gasteiger partial charge in [0.15, 0.2) is 5.82 Å². The second-order valence-electron chi connectivity index (χ2n) is 4.51. The van der Waals surface area contributed by atoms with Crippen LogP contribution in [0.3, 0.4) is 0 Å². The van der Waals surface area contributed by atoms with E-state index in [1.54, 1.807) is 0 Å². The fourth-order valence-corrected chi connectivity index (χ4v) is 2.54. The zero-order valence-corrected chi connectivity index (χ0v) is 9.35. The van der Waals surface area contributed by atoms with Gasteiger partial charge in [0.25, 0.3) is 0 Å². The largest absolute Gasteiger partial charge is 0.378 e. The van der Waals surface area contributed by atoms with E-state index in [9.17, 15) is 4.79 Å². The molecule has 0 aromatic carbocycles. The SMILES string of the molecule is O=C(Nc1cn[nH]n1)N[C@@H]1C[C@@H]2OCCC[C@@H]21. The number of amides is 2. The van der Waals surface area contributed by atoms with Crippen molar-refractivity contribution in [3.63, 3.8) is 0 Å². The first kappa shape index (κ1) is 10.5. The van der Waals surface area contributed by atoms with Crippen molar-refractivity contribution in [1.29, 1.82) is 0 Å². The number of urea groups is 1. The molecule has 2 amide bonds. The lowest BCUT2D eigenvalue weighted by Gasteiger charge is -2.47. The molecule has 2 aliphatic rings. The van der Waals surface area contributed by atoms with E-state index in [0.29, 0.717) is 17.8 Å². The van der Waals surface area contributed by atoms with Crippen molar-refractivity contribution in [3.8, 4) is 0 Å². The molecule has 7 nitrogen and oxygen atoms in total. The molecule has 2 heterocycles. The second-order valence-corrected chi connectivity index (χ2v) is 4.51. The number of carbonyl (C=O) groups excluding carboxylic acids is 1. The minimum atomic E-state index is -0.229. The molecule has 0 radical (unpaired) electrons. The Kier molecular flexibility index (Phi) is 2.68. The molecule has 2 fully saturated rings. The van der Waals surface area contributed by atoms with Crippen LogP contribution in [-0.2, 0) is 4.74 Å². The molecule has 0 spiro atoms. The van der Waals surface area contributed by atoms with Gasteiger partial charge in [-0.2, -0.15) is 10.3 Å². The van der Waals surface area contributed by atoms with Crippen LogP contribution in [0, 0.1) is 5.92 Å². The Morgan fingerprint density at radius 3 is 3.29 bits per heavy atom. The summed E-state index contributed by atoms with van der Waals surface area (Å²) in [7, 11) is 0. The van der Waals surface area contributed by atoms with Crippen LogP contribution < -0.4 is 10.6 Å². The number of hydrogen-bond acceptors (Lipinski definition) is 4. The standard InChI is InChI=1S/C10H15N5O2/c16-10(13-9-5-11-15-14-9)12-7-4-8-6(7)2-1-3-17-8/h5-8H,1-4H2,(H3,11,12,13,14,15,16)/t6-,7-,8+/m1/s1. The summed E-state index contributed by atoms with van der Waals surface area (Å²) in [4.78, 5) is 11.6. The summed E-state index contributed by atoms with van der Waals surface area (Å²) < 4.78 is 5.60. The van der Waals surface area contributed by atoms with Crippen LogP contribution in [0.5, 0.6) is 0 Å². The number of fused-ring (bicyclic) bond motifs is 1. The van der Waals surface area contributed by atoms with Gasteiger partial charge in [-0.3, -0.25) is 5.32 Å². The highest BCUT2D eigenvalue weighted by Gasteiger charge is 2.43. The first-order valence-electron chi connectivity index (χ1n) is 5.88. The van der Waals surface area contributed by atoms with Crippen molar-refractivity contribution >= 4 is 11.8 Å². The fourth-order valence-electron chi connectivity index (χ4n) is 2.54. The molecule has 7 heteroatoms.